The van der Waals surface area contributed by atoms with E-state index in [0.29, 0.717) is 11.1 Å². The fourth-order valence-corrected chi connectivity index (χ4v) is 3.44. The van der Waals surface area contributed by atoms with Crippen molar-refractivity contribution in [2.24, 2.45) is 4.99 Å². The third kappa shape index (κ3) is 5.18. The summed E-state index contributed by atoms with van der Waals surface area (Å²) in [4.78, 5) is 27.1. The Bertz CT molecular complexity index is 926. The summed E-state index contributed by atoms with van der Waals surface area (Å²) in [7, 11) is 0. The van der Waals surface area contributed by atoms with E-state index in [1.165, 1.54) is 24.3 Å². The van der Waals surface area contributed by atoms with Gasteiger partial charge in [-0.1, -0.05) is 35.5 Å². The van der Waals surface area contributed by atoms with Crippen LogP contribution in [-0.4, -0.2) is 28.2 Å². The maximum absolute atomic E-state index is 12.3. The van der Waals surface area contributed by atoms with Crippen LogP contribution in [0.1, 0.15) is 22.3 Å². The molecule has 1 aliphatic rings. The van der Waals surface area contributed by atoms with E-state index < -0.39 is 4.92 Å². The van der Waals surface area contributed by atoms with Crippen LogP contribution in [0.15, 0.2) is 53.5 Å². The Morgan fingerprint density at radius 2 is 2.04 bits per heavy atom. The monoisotopic (exact) mass is 401 g/mol. The van der Waals surface area contributed by atoms with Gasteiger partial charge in [0.15, 0.2) is 11.0 Å². The number of thioether (sulfide) groups is 1. The summed E-state index contributed by atoms with van der Waals surface area (Å²) in [6, 6.07) is 11.5. The molecule has 138 valence electrons. The van der Waals surface area contributed by atoms with Crippen molar-refractivity contribution in [1.29, 1.82) is 0 Å². The van der Waals surface area contributed by atoms with Gasteiger partial charge in [0.1, 0.15) is 5.02 Å². The maximum Gasteiger partial charge on any atom is 0.288 e. The average Bonchev–Trinajstić information content (AvgIpc) is 2.68. The van der Waals surface area contributed by atoms with Gasteiger partial charge >= 0.3 is 0 Å². The number of anilines is 1. The molecule has 1 heterocycles. The molecule has 2 aromatic carbocycles. The number of nitrogens with zero attached hydrogens (tertiary/aromatic N) is 2. The highest BCUT2D eigenvalue weighted by Crippen LogP contribution is 2.25. The lowest BCUT2D eigenvalue weighted by Crippen LogP contribution is -2.13. The molecule has 3 rings (SSSR count). The molecule has 6 nitrogen and oxygen atoms in total. The van der Waals surface area contributed by atoms with Crippen LogP contribution in [0.5, 0.6) is 0 Å². The number of hydrogen-bond donors (Lipinski definition) is 1. The molecule has 1 aliphatic heterocycles. The van der Waals surface area contributed by atoms with Gasteiger partial charge in [-0.05, 0) is 48.4 Å². The van der Waals surface area contributed by atoms with Crippen molar-refractivity contribution in [3.05, 3.63) is 74.8 Å². The standard InChI is InChI=1S/C19H16ClN3O3S/c20-16-8-2-13(12-17(16)23(25)26)3-9-18(24)14-4-6-15(7-5-14)22-19-21-10-1-11-27-19/h2-9,12H,1,10-11H2,(H,21,22). The third-order valence-electron chi connectivity index (χ3n) is 3.81. The molecule has 0 amide bonds. The highest BCUT2D eigenvalue weighted by molar-refractivity contribution is 8.14. The number of rotatable bonds is 5. The first kappa shape index (κ1) is 19.1. The van der Waals surface area contributed by atoms with Crippen LogP contribution in [-0.2, 0) is 0 Å². The van der Waals surface area contributed by atoms with Crippen molar-refractivity contribution in [2.45, 2.75) is 6.42 Å². The van der Waals surface area contributed by atoms with E-state index in [2.05, 4.69) is 10.3 Å². The van der Waals surface area contributed by atoms with E-state index in [9.17, 15) is 14.9 Å². The predicted molar refractivity (Wildman–Crippen MR) is 111 cm³/mol. The van der Waals surface area contributed by atoms with Gasteiger partial charge in [0.2, 0.25) is 0 Å². The molecular formula is C19H16ClN3O3S. The van der Waals surface area contributed by atoms with Crippen molar-refractivity contribution in [3.8, 4) is 0 Å². The molecule has 0 fully saturated rings. The van der Waals surface area contributed by atoms with Gasteiger partial charge in [-0.15, -0.1) is 0 Å². The topological polar surface area (TPSA) is 84.6 Å². The Morgan fingerprint density at radius 3 is 2.70 bits per heavy atom. The molecule has 0 bridgehead atoms. The Kier molecular flexibility index (Phi) is 6.26. The van der Waals surface area contributed by atoms with Gasteiger partial charge in [-0.25, -0.2) is 0 Å². The van der Waals surface area contributed by atoms with Gasteiger partial charge in [0.05, 0.1) is 4.92 Å². The minimum absolute atomic E-state index is 0.0623. The van der Waals surface area contributed by atoms with Crippen LogP contribution in [0.3, 0.4) is 0 Å². The summed E-state index contributed by atoms with van der Waals surface area (Å²) in [6.45, 7) is 0.833. The van der Waals surface area contributed by atoms with Crippen LogP contribution in [0.25, 0.3) is 6.08 Å². The van der Waals surface area contributed by atoms with Crippen molar-refractivity contribution in [3.63, 3.8) is 0 Å². The molecule has 0 saturated heterocycles. The maximum atomic E-state index is 12.3. The highest BCUT2D eigenvalue weighted by Gasteiger charge is 2.12. The summed E-state index contributed by atoms with van der Waals surface area (Å²) in [5.41, 5.74) is 1.74. The van der Waals surface area contributed by atoms with E-state index in [1.807, 2.05) is 12.1 Å². The number of nitro benzene ring substituents is 1. The molecule has 1 N–H and O–H groups in total. The summed E-state index contributed by atoms with van der Waals surface area (Å²) >= 11 is 7.47. The van der Waals surface area contributed by atoms with Crippen molar-refractivity contribution in [2.75, 3.05) is 17.6 Å². The number of benzene rings is 2. The van der Waals surface area contributed by atoms with Gasteiger partial charge in [0.25, 0.3) is 5.69 Å². The predicted octanol–water partition coefficient (Wildman–Crippen LogP) is 5.05. The number of allylic oxidation sites excluding steroid dienone is 1. The molecule has 0 aromatic heterocycles. The lowest BCUT2D eigenvalue weighted by Gasteiger charge is -2.13. The van der Waals surface area contributed by atoms with E-state index in [4.69, 9.17) is 11.6 Å². The van der Waals surface area contributed by atoms with Crippen molar-refractivity contribution >= 4 is 51.8 Å². The second-order valence-electron chi connectivity index (χ2n) is 5.76. The Balaban J connectivity index is 1.67. The third-order valence-corrected chi connectivity index (χ3v) is 5.13. The first-order valence-electron chi connectivity index (χ1n) is 8.23. The van der Waals surface area contributed by atoms with Crippen LogP contribution in [0.4, 0.5) is 11.4 Å². The van der Waals surface area contributed by atoms with Gasteiger partial charge in [0, 0.05) is 29.6 Å². The minimum atomic E-state index is -0.553. The van der Waals surface area contributed by atoms with E-state index in [-0.39, 0.29) is 16.5 Å². The zero-order valence-corrected chi connectivity index (χ0v) is 15.8. The van der Waals surface area contributed by atoms with Gasteiger partial charge in [-0.3, -0.25) is 19.9 Å². The zero-order valence-electron chi connectivity index (χ0n) is 14.2. The van der Waals surface area contributed by atoms with Gasteiger partial charge < -0.3 is 5.32 Å². The van der Waals surface area contributed by atoms with E-state index >= 15 is 0 Å². The number of ketones is 1. The van der Waals surface area contributed by atoms with Crippen LogP contribution in [0, 0.1) is 10.1 Å². The molecule has 8 heteroatoms. The quantitative estimate of drug-likeness (QED) is 0.328. The Hall–Kier alpha value is -2.64. The zero-order chi connectivity index (χ0) is 19.2. The fourth-order valence-electron chi connectivity index (χ4n) is 2.42. The lowest BCUT2D eigenvalue weighted by molar-refractivity contribution is -0.384. The Labute approximate surface area is 165 Å². The van der Waals surface area contributed by atoms with Crippen molar-refractivity contribution in [1.82, 2.24) is 0 Å². The SMILES string of the molecule is O=C(C=Cc1ccc(Cl)c([N+](=O)[O-])c1)c1ccc(NC2=NCCCS2)cc1. The number of amidine groups is 1. The molecule has 27 heavy (non-hydrogen) atoms. The van der Waals surface area contributed by atoms with E-state index in [1.54, 1.807) is 30.0 Å². The number of nitro groups is 1. The fraction of sp³-hybridized carbons (Fsp3) is 0.158. The number of carbonyl (C=O) groups excluding carboxylic acids is 1. The summed E-state index contributed by atoms with van der Waals surface area (Å²) in [5.74, 6) is 0.860. The normalized spacial score (nSPS) is 14.0. The minimum Gasteiger partial charge on any atom is -0.335 e. The Morgan fingerprint density at radius 1 is 1.26 bits per heavy atom. The van der Waals surface area contributed by atoms with Crippen LogP contribution < -0.4 is 5.32 Å². The highest BCUT2D eigenvalue weighted by atomic mass is 35.5. The first-order chi connectivity index (χ1) is 13.0. The van der Waals surface area contributed by atoms with Crippen molar-refractivity contribution < 1.29 is 9.72 Å². The first-order valence-corrected chi connectivity index (χ1v) is 9.60. The summed E-state index contributed by atoms with van der Waals surface area (Å²) in [6.07, 6.45) is 4.01. The number of carbonyl (C=O) groups is 1. The second-order valence-corrected chi connectivity index (χ2v) is 7.25. The smallest absolute Gasteiger partial charge is 0.288 e. The summed E-state index contributed by atoms with van der Waals surface area (Å²) < 4.78 is 0. The average molecular weight is 402 g/mol. The number of aliphatic imine (C=N–C) groups is 1. The number of nitrogens with one attached hydrogen (secondary N) is 1. The molecule has 0 saturated carbocycles. The largest absolute Gasteiger partial charge is 0.335 e. The molecule has 0 unspecified atom stereocenters. The molecule has 2 aromatic rings. The molecule has 0 aliphatic carbocycles. The summed E-state index contributed by atoms with van der Waals surface area (Å²) in [5, 5.41) is 15.1. The van der Waals surface area contributed by atoms with Crippen LogP contribution >= 0.6 is 23.4 Å². The molecule has 0 spiro atoms. The molecule has 0 radical (unpaired) electrons. The molecule has 0 atom stereocenters. The van der Waals surface area contributed by atoms with Gasteiger partial charge in [-0.2, -0.15) is 0 Å². The lowest BCUT2D eigenvalue weighted by atomic mass is 10.1. The van der Waals surface area contributed by atoms with Crippen LogP contribution in [0.2, 0.25) is 5.02 Å². The number of halogens is 1. The number of hydrogen-bond acceptors (Lipinski definition) is 6. The van der Waals surface area contributed by atoms with E-state index in [0.717, 1.165) is 29.6 Å². The second kappa shape index (κ2) is 8.83. The molecular weight excluding hydrogens is 386 g/mol.